The molecule has 15 heavy (non-hydrogen) atoms. The Morgan fingerprint density at radius 2 is 1.80 bits per heavy atom. The van der Waals surface area contributed by atoms with Crippen LogP contribution in [0.3, 0.4) is 0 Å². The van der Waals surface area contributed by atoms with Gasteiger partial charge >= 0.3 is 0 Å². The van der Waals surface area contributed by atoms with Gasteiger partial charge in [-0.3, -0.25) is 0 Å². The van der Waals surface area contributed by atoms with Gasteiger partial charge in [-0.2, -0.15) is 0 Å². The van der Waals surface area contributed by atoms with Gasteiger partial charge in [0.05, 0.1) is 0 Å². The number of nitrogens with zero attached hydrogens (tertiary/aromatic N) is 3. The molecule has 0 aromatic carbocycles. The molecule has 0 N–H and O–H groups in total. The molecule has 0 radical (unpaired) electrons. The number of hydrogen-bond acceptors (Lipinski definition) is 2. The van der Waals surface area contributed by atoms with Crippen molar-refractivity contribution in [3.63, 3.8) is 0 Å². The van der Waals surface area contributed by atoms with Crippen molar-refractivity contribution in [2.75, 3.05) is 20.6 Å². The van der Waals surface area contributed by atoms with E-state index < -0.39 is 0 Å². The van der Waals surface area contributed by atoms with Gasteiger partial charge in [-0.05, 0) is 39.1 Å². The molecule has 4 heteroatoms. The van der Waals surface area contributed by atoms with E-state index in [1.54, 1.807) is 0 Å². The molecule has 1 atom stereocenters. The molecule has 0 rings (SSSR count). The molecule has 0 saturated heterocycles. The smallest absolute Gasteiger partial charge is 0 e. The number of likely N-dealkylation sites (N-methyl/N-ethyl adjacent to an activating group) is 1. The van der Waals surface area contributed by atoms with Crippen LogP contribution >= 0.6 is 0 Å². The number of aliphatic imine (C=N–C) groups is 1. The Balaban J connectivity index is 0. The molecule has 1 unspecified atom stereocenters. The van der Waals surface area contributed by atoms with Crippen LogP contribution in [-0.4, -0.2) is 43.0 Å². The predicted molar refractivity (Wildman–Crippen MR) is 64.2 cm³/mol. The molecule has 0 aliphatic rings. The summed E-state index contributed by atoms with van der Waals surface area (Å²) in [6.07, 6.45) is 0. The van der Waals surface area contributed by atoms with Crippen molar-refractivity contribution in [2.45, 2.75) is 46.2 Å². The molecule has 0 aromatic heterocycles. The molecule has 0 saturated carbocycles. The second-order valence-corrected chi connectivity index (χ2v) is 5.07. The van der Waals surface area contributed by atoms with Crippen LogP contribution in [0.1, 0.15) is 34.6 Å². The van der Waals surface area contributed by atoms with E-state index in [-0.39, 0.29) is 22.0 Å². The monoisotopic (exact) mass is 256 g/mol. The SMILES string of the molecule is CC(=NC(C)(C)C)[N-]C(C)CN(C)C.[Ni]. The summed E-state index contributed by atoms with van der Waals surface area (Å²) in [6.45, 7) is 11.3. The molecule has 0 aliphatic heterocycles. The fourth-order valence-electron chi connectivity index (χ4n) is 1.40. The van der Waals surface area contributed by atoms with Gasteiger partial charge in [-0.25, -0.2) is 0 Å². The summed E-state index contributed by atoms with van der Waals surface area (Å²) in [7, 11) is 4.12. The summed E-state index contributed by atoms with van der Waals surface area (Å²) in [5.41, 5.74) is -0.0224. The van der Waals surface area contributed by atoms with Gasteiger partial charge in [-0.1, -0.05) is 33.5 Å². The zero-order valence-corrected chi connectivity index (χ0v) is 11.9. The summed E-state index contributed by atoms with van der Waals surface area (Å²) in [4.78, 5) is 6.63. The van der Waals surface area contributed by atoms with Gasteiger partial charge < -0.3 is 15.2 Å². The summed E-state index contributed by atoms with van der Waals surface area (Å²) in [6, 6.07) is 0.316. The first-order valence-electron chi connectivity index (χ1n) is 5.13. The van der Waals surface area contributed by atoms with Crippen molar-refractivity contribution >= 4 is 5.84 Å². The zero-order chi connectivity index (χ0) is 11.4. The quantitative estimate of drug-likeness (QED) is 0.434. The Hall–Kier alpha value is -0.0765. The average molecular weight is 257 g/mol. The number of rotatable bonds is 3. The van der Waals surface area contributed by atoms with E-state index in [9.17, 15) is 0 Å². The minimum Gasteiger partial charge on any atom is -0.465 e. The van der Waals surface area contributed by atoms with Crippen LogP contribution in [0.4, 0.5) is 0 Å². The molecule has 0 amide bonds. The van der Waals surface area contributed by atoms with Crippen LogP contribution in [0.15, 0.2) is 4.99 Å². The number of amidine groups is 1. The molecule has 0 spiro atoms. The van der Waals surface area contributed by atoms with E-state index in [0.717, 1.165) is 12.4 Å². The minimum atomic E-state index is -0.0224. The van der Waals surface area contributed by atoms with Crippen molar-refractivity contribution in [3.8, 4) is 0 Å². The second kappa shape index (κ2) is 7.24. The van der Waals surface area contributed by atoms with E-state index >= 15 is 0 Å². The molecule has 0 bridgehead atoms. The van der Waals surface area contributed by atoms with Crippen LogP contribution in [0, 0.1) is 0 Å². The van der Waals surface area contributed by atoms with Crippen LogP contribution in [0.2, 0.25) is 0 Å². The van der Waals surface area contributed by atoms with Gasteiger partial charge in [0.25, 0.3) is 0 Å². The molecule has 3 nitrogen and oxygen atoms in total. The maximum atomic E-state index is 4.51. The molecule has 0 fully saturated rings. The molecule has 0 aliphatic carbocycles. The summed E-state index contributed by atoms with van der Waals surface area (Å²) in [5.74, 6) is 0.895. The van der Waals surface area contributed by atoms with Crippen molar-refractivity contribution in [2.24, 2.45) is 4.99 Å². The number of hydrogen-bond donors (Lipinski definition) is 0. The summed E-state index contributed by atoms with van der Waals surface area (Å²) >= 11 is 0. The van der Waals surface area contributed by atoms with Gasteiger partial charge in [-0.15, -0.1) is 0 Å². The van der Waals surface area contributed by atoms with E-state index in [1.165, 1.54) is 0 Å². The third-order valence-electron chi connectivity index (χ3n) is 1.53. The fourth-order valence-corrected chi connectivity index (χ4v) is 1.40. The Labute approximate surface area is 105 Å². The minimum absolute atomic E-state index is 0. The Morgan fingerprint density at radius 1 is 1.33 bits per heavy atom. The third-order valence-corrected chi connectivity index (χ3v) is 1.53. The Bertz CT molecular complexity index is 194. The van der Waals surface area contributed by atoms with Crippen LogP contribution in [0.25, 0.3) is 5.32 Å². The molecular formula is C11H24N3Ni-. The Morgan fingerprint density at radius 3 is 2.13 bits per heavy atom. The zero-order valence-electron chi connectivity index (χ0n) is 10.9. The topological polar surface area (TPSA) is 29.7 Å². The van der Waals surface area contributed by atoms with Crippen molar-refractivity contribution in [1.82, 2.24) is 4.90 Å². The van der Waals surface area contributed by atoms with Crippen LogP contribution in [-0.2, 0) is 16.5 Å². The second-order valence-electron chi connectivity index (χ2n) is 5.07. The maximum Gasteiger partial charge on any atom is 0 e. The molecule has 0 heterocycles. The van der Waals surface area contributed by atoms with Crippen molar-refractivity contribution < 1.29 is 16.5 Å². The van der Waals surface area contributed by atoms with Gasteiger partial charge in [0.1, 0.15) is 0 Å². The average Bonchev–Trinajstić information content (AvgIpc) is 1.77. The Kier molecular flexibility index (Phi) is 8.36. The van der Waals surface area contributed by atoms with E-state index in [2.05, 4.69) is 57.0 Å². The third kappa shape index (κ3) is 11.9. The largest absolute Gasteiger partial charge is 0.465 e. The van der Waals surface area contributed by atoms with Gasteiger partial charge in [0, 0.05) is 16.5 Å². The summed E-state index contributed by atoms with van der Waals surface area (Å²) in [5, 5.41) is 4.51. The van der Waals surface area contributed by atoms with Gasteiger partial charge in [0.2, 0.25) is 0 Å². The maximum absolute atomic E-state index is 4.51. The van der Waals surface area contributed by atoms with E-state index in [1.807, 2.05) is 6.92 Å². The normalized spacial score (nSPS) is 14.8. The first kappa shape index (κ1) is 17.3. The molecule has 0 aromatic rings. The van der Waals surface area contributed by atoms with E-state index in [4.69, 9.17) is 0 Å². The van der Waals surface area contributed by atoms with Crippen molar-refractivity contribution in [3.05, 3.63) is 5.32 Å². The standard InChI is InChI=1S/C11H24N3.Ni/c1-9(8-14(6)7)12-10(2)13-11(3,4)5;/h9H,8H2,1-7H3;/q-1;. The van der Waals surface area contributed by atoms with Crippen LogP contribution in [0.5, 0.6) is 0 Å². The van der Waals surface area contributed by atoms with Gasteiger partial charge in [0.15, 0.2) is 0 Å². The first-order valence-corrected chi connectivity index (χ1v) is 5.13. The first-order chi connectivity index (χ1) is 6.20. The van der Waals surface area contributed by atoms with E-state index in [0.29, 0.717) is 6.04 Å². The van der Waals surface area contributed by atoms with Crippen molar-refractivity contribution in [1.29, 1.82) is 0 Å². The fraction of sp³-hybridized carbons (Fsp3) is 0.909. The summed E-state index contributed by atoms with van der Waals surface area (Å²) < 4.78 is 0. The predicted octanol–water partition coefficient (Wildman–Crippen LogP) is 2.52. The van der Waals surface area contributed by atoms with Crippen LogP contribution < -0.4 is 0 Å². The molecular weight excluding hydrogens is 233 g/mol. The molecule has 94 valence electrons.